The van der Waals surface area contributed by atoms with Gasteiger partial charge < -0.3 is 0 Å². The Labute approximate surface area is 139 Å². The number of hydrogen-bond acceptors (Lipinski definition) is 4. The molecule has 2 aromatic carbocycles. The van der Waals surface area contributed by atoms with Crippen LogP contribution in [0.4, 0.5) is 0 Å². The fourth-order valence-electron chi connectivity index (χ4n) is 2.26. The van der Waals surface area contributed by atoms with Gasteiger partial charge in [0.15, 0.2) is 11.0 Å². The van der Waals surface area contributed by atoms with E-state index in [1.54, 1.807) is 11.8 Å². The fourth-order valence-corrected chi connectivity index (χ4v) is 3.15. The molecule has 0 bridgehead atoms. The summed E-state index contributed by atoms with van der Waals surface area (Å²) in [6.07, 6.45) is 1.42. The first-order chi connectivity index (χ1) is 11.4. The molecule has 0 aliphatic heterocycles. The first-order valence-corrected chi connectivity index (χ1v) is 8.44. The lowest BCUT2D eigenvalue weighted by Crippen LogP contribution is -1.99. The van der Waals surface area contributed by atoms with Crippen molar-refractivity contribution < 1.29 is 0 Å². The lowest BCUT2D eigenvalue weighted by atomic mass is 10.2. The summed E-state index contributed by atoms with van der Waals surface area (Å²) in [5, 5.41) is 18.3. The largest absolute Gasteiger partial charge is 0.270 e. The molecule has 0 saturated carbocycles. The standard InChI is InChI=1S/C18H16N4S/c19-13-7-8-14-23-18-21-20-17(15-9-3-1-4-10-15)22(18)16-11-5-2-6-12-16/h1-6,9-12H,7-8,14H2. The Morgan fingerprint density at radius 3 is 2.35 bits per heavy atom. The third-order valence-corrected chi connectivity index (χ3v) is 4.36. The average molecular weight is 320 g/mol. The minimum Gasteiger partial charge on any atom is -0.270 e. The van der Waals surface area contributed by atoms with E-state index in [1.165, 1.54) is 0 Å². The van der Waals surface area contributed by atoms with Gasteiger partial charge in [-0.15, -0.1) is 10.2 Å². The zero-order valence-corrected chi connectivity index (χ0v) is 13.4. The van der Waals surface area contributed by atoms with E-state index in [2.05, 4.69) is 33.0 Å². The first kappa shape index (κ1) is 15.3. The van der Waals surface area contributed by atoms with E-state index in [9.17, 15) is 0 Å². The minimum absolute atomic E-state index is 0.567. The van der Waals surface area contributed by atoms with Crippen molar-refractivity contribution in [3.63, 3.8) is 0 Å². The van der Waals surface area contributed by atoms with Crippen LogP contribution in [0.15, 0.2) is 65.8 Å². The molecule has 3 aromatic rings. The Morgan fingerprint density at radius 1 is 0.957 bits per heavy atom. The number of unbranched alkanes of at least 4 members (excludes halogenated alkanes) is 1. The molecule has 1 aromatic heterocycles. The highest BCUT2D eigenvalue weighted by Gasteiger charge is 2.15. The second-order valence-electron chi connectivity index (χ2n) is 4.95. The molecular weight excluding hydrogens is 304 g/mol. The van der Waals surface area contributed by atoms with Gasteiger partial charge in [-0.25, -0.2) is 0 Å². The van der Waals surface area contributed by atoms with Gasteiger partial charge in [-0.1, -0.05) is 60.3 Å². The minimum atomic E-state index is 0.567. The van der Waals surface area contributed by atoms with Crippen molar-refractivity contribution in [1.29, 1.82) is 5.26 Å². The van der Waals surface area contributed by atoms with Gasteiger partial charge >= 0.3 is 0 Å². The Kier molecular flexibility index (Phi) is 5.07. The van der Waals surface area contributed by atoms with Crippen molar-refractivity contribution in [2.75, 3.05) is 5.75 Å². The lowest BCUT2D eigenvalue weighted by molar-refractivity contribution is 0.880. The summed E-state index contributed by atoms with van der Waals surface area (Å²) in [4.78, 5) is 0. The van der Waals surface area contributed by atoms with Crippen LogP contribution in [0, 0.1) is 11.3 Å². The highest BCUT2D eigenvalue weighted by atomic mass is 32.2. The van der Waals surface area contributed by atoms with Crippen LogP contribution < -0.4 is 0 Å². The number of benzene rings is 2. The van der Waals surface area contributed by atoms with Crippen LogP contribution >= 0.6 is 11.8 Å². The van der Waals surface area contributed by atoms with Crippen molar-refractivity contribution in [2.45, 2.75) is 18.0 Å². The maximum absolute atomic E-state index is 8.66. The number of hydrogen-bond donors (Lipinski definition) is 0. The van der Waals surface area contributed by atoms with Gasteiger partial charge in [0.2, 0.25) is 0 Å². The Bertz CT molecular complexity index is 791. The molecule has 0 aliphatic rings. The normalized spacial score (nSPS) is 10.4. The Morgan fingerprint density at radius 2 is 1.65 bits per heavy atom. The van der Waals surface area contributed by atoms with E-state index >= 15 is 0 Å². The van der Waals surface area contributed by atoms with Crippen molar-refractivity contribution in [1.82, 2.24) is 14.8 Å². The SMILES string of the molecule is N#CCCCSc1nnc(-c2ccccc2)n1-c1ccccc1. The van der Waals surface area contributed by atoms with Gasteiger partial charge in [0.25, 0.3) is 0 Å². The lowest BCUT2D eigenvalue weighted by Gasteiger charge is -2.10. The molecular formula is C18H16N4S. The van der Waals surface area contributed by atoms with E-state index < -0.39 is 0 Å². The van der Waals surface area contributed by atoms with E-state index in [0.29, 0.717) is 6.42 Å². The zero-order chi connectivity index (χ0) is 15.9. The van der Waals surface area contributed by atoms with Gasteiger partial charge in [0.1, 0.15) is 0 Å². The second-order valence-corrected chi connectivity index (χ2v) is 6.02. The van der Waals surface area contributed by atoms with Crippen LogP contribution in [0.25, 0.3) is 17.1 Å². The van der Waals surface area contributed by atoms with E-state index in [0.717, 1.165) is 34.4 Å². The molecule has 0 fully saturated rings. The molecule has 0 N–H and O–H groups in total. The quantitative estimate of drug-likeness (QED) is 0.501. The highest BCUT2D eigenvalue weighted by Crippen LogP contribution is 2.28. The Hall–Kier alpha value is -2.58. The predicted octanol–water partition coefficient (Wildman–Crippen LogP) is 4.33. The van der Waals surface area contributed by atoms with Gasteiger partial charge in [-0.05, 0) is 18.6 Å². The fraction of sp³-hybridized carbons (Fsp3) is 0.167. The van der Waals surface area contributed by atoms with Crippen LogP contribution in [-0.2, 0) is 0 Å². The highest BCUT2D eigenvalue weighted by molar-refractivity contribution is 7.99. The van der Waals surface area contributed by atoms with Crippen molar-refractivity contribution in [3.8, 4) is 23.1 Å². The van der Waals surface area contributed by atoms with Crippen molar-refractivity contribution >= 4 is 11.8 Å². The number of nitriles is 1. The topological polar surface area (TPSA) is 54.5 Å². The molecule has 5 heteroatoms. The maximum atomic E-state index is 8.66. The predicted molar refractivity (Wildman–Crippen MR) is 92.4 cm³/mol. The molecule has 0 aliphatic carbocycles. The number of nitrogens with zero attached hydrogens (tertiary/aromatic N) is 4. The molecule has 1 heterocycles. The monoisotopic (exact) mass is 320 g/mol. The van der Waals surface area contributed by atoms with Crippen LogP contribution in [0.5, 0.6) is 0 Å². The molecule has 114 valence electrons. The van der Waals surface area contributed by atoms with E-state index in [4.69, 9.17) is 5.26 Å². The van der Waals surface area contributed by atoms with Crippen LogP contribution in [-0.4, -0.2) is 20.5 Å². The van der Waals surface area contributed by atoms with Crippen LogP contribution in [0.1, 0.15) is 12.8 Å². The third kappa shape index (κ3) is 3.61. The third-order valence-electron chi connectivity index (χ3n) is 3.34. The van der Waals surface area contributed by atoms with Gasteiger partial charge in [0.05, 0.1) is 6.07 Å². The van der Waals surface area contributed by atoms with E-state index in [1.807, 2.05) is 48.5 Å². The smallest absolute Gasteiger partial charge is 0.196 e. The second kappa shape index (κ2) is 7.61. The van der Waals surface area contributed by atoms with Gasteiger partial charge in [-0.2, -0.15) is 5.26 Å². The van der Waals surface area contributed by atoms with Crippen molar-refractivity contribution in [2.24, 2.45) is 0 Å². The maximum Gasteiger partial charge on any atom is 0.196 e. The number of para-hydroxylation sites is 1. The summed E-state index contributed by atoms with van der Waals surface area (Å²) < 4.78 is 2.08. The van der Waals surface area contributed by atoms with Crippen LogP contribution in [0.3, 0.4) is 0 Å². The Balaban J connectivity index is 1.98. The summed E-state index contributed by atoms with van der Waals surface area (Å²) in [7, 11) is 0. The summed E-state index contributed by atoms with van der Waals surface area (Å²) in [6.45, 7) is 0. The molecule has 23 heavy (non-hydrogen) atoms. The molecule has 0 amide bonds. The summed E-state index contributed by atoms with van der Waals surface area (Å²) in [6, 6.07) is 22.3. The first-order valence-electron chi connectivity index (χ1n) is 7.46. The average Bonchev–Trinajstić information content (AvgIpc) is 3.04. The van der Waals surface area contributed by atoms with Crippen molar-refractivity contribution in [3.05, 3.63) is 60.7 Å². The van der Waals surface area contributed by atoms with E-state index in [-0.39, 0.29) is 0 Å². The number of rotatable bonds is 6. The molecule has 0 radical (unpaired) electrons. The molecule has 0 spiro atoms. The zero-order valence-electron chi connectivity index (χ0n) is 12.6. The number of thioether (sulfide) groups is 1. The molecule has 3 rings (SSSR count). The van der Waals surface area contributed by atoms with Gasteiger partial charge in [0, 0.05) is 23.4 Å². The van der Waals surface area contributed by atoms with Gasteiger partial charge in [-0.3, -0.25) is 4.57 Å². The molecule has 4 nitrogen and oxygen atoms in total. The summed E-state index contributed by atoms with van der Waals surface area (Å²) in [5.74, 6) is 1.69. The summed E-state index contributed by atoms with van der Waals surface area (Å²) in [5.41, 5.74) is 2.08. The summed E-state index contributed by atoms with van der Waals surface area (Å²) >= 11 is 1.64. The molecule has 0 saturated heterocycles. The number of aromatic nitrogens is 3. The molecule has 0 unspecified atom stereocenters. The van der Waals surface area contributed by atoms with Crippen LogP contribution in [0.2, 0.25) is 0 Å². The molecule has 0 atom stereocenters.